The van der Waals surface area contributed by atoms with Gasteiger partial charge in [-0.3, -0.25) is 0 Å². The highest BCUT2D eigenvalue weighted by Gasteiger charge is 2.37. The Labute approximate surface area is 99.6 Å². The van der Waals surface area contributed by atoms with E-state index in [0.29, 0.717) is 4.75 Å². The average Bonchev–Trinajstić information content (AvgIpc) is 2.66. The number of rotatable bonds is 0. The van der Waals surface area contributed by atoms with E-state index in [1.165, 1.54) is 36.3 Å². The molecular formula is C12H14ClNS. The molecule has 1 aliphatic carbocycles. The lowest BCUT2D eigenvalue weighted by Crippen LogP contribution is -2.33. The van der Waals surface area contributed by atoms with Gasteiger partial charge in [-0.2, -0.15) is 0 Å². The van der Waals surface area contributed by atoms with E-state index in [4.69, 9.17) is 11.6 Å². The summed E-state index contributed by atoms with van der Waals surface area (Å²) in [7, 11) is 0. The molecule has 1 fully saturated rings. The van der Waals surface area contributed by atoms with Gasteiger partial charge in [0.1, 0.15) is 0 Å². The van der Waals surface area contributed by atoms with Crippen LogP contribution in [0.25, 0.3) is 0 Å². The lowest BCUT2D eigenvalue weighted by molar-refractivity contribution is 0.631. The number of hydrogen-bond donors (Lipinski definition) is 1. The molecule has 1 nitrogen and oxygen atoms in total. The van der Waals surface area contributed by atoms with Gasteiger partial charge in [0.15, 0.2) is 0 Å². The molecule has 0 bridgehead atoms. The van der Waals surface area contributed by atoms with Crippen LogP contribution in [0, 0.1) is 0 Å². The summed E-state index contributed by atoms with van der Waals surface area (Å²) >= 11 is 8.06. The molecule has 0 unspecified atom stereocenters. The maximum atomic E-state index is 6.03. The summed E-state index contributed by atoms with van der Waals surface area (Å²) in [5.74, 6) is 0. The van der Waals surface area contributed by atoms with Crippen LogP contribution in [0.5, 0.6) is 0 Å². The second-order valence-corrected chi connectivity index (χ2v) is 6.43. The van der Waals surface area contributed by atoms with Crippen molar-refractivity contribution in [2.24, 2.45) is 0 Å². The van der Waals surface area contributed by atoms with E-state index < -0.39 is 0 Å². The van der Waals surface area contributed by atoms with Gasteiger partial charge in [-0.15, -0.1) is 11.8 Å². The SMILES string of the molecule is Clc1ccc2c(c1)SC1(CCCC1)CN2. The number of halogens is 1. The first-order valence-corrected chi connectivity index (χ1v) is 6.69. The van der Waals surface area contributed by atoms with E-state index in [9.17, 15) is 0 Å². The van der Waals surface area contributed by atoms with Crippen molar-refractivity contribution in [3.63, 3.8) is 0 Å². The fourth-order valence-electron chi connectivity index (χ4n) is 2.55. The molecule has 3 heteroatoms. The summed E-state index contributed by atoms with van der Waals surface area (Å²) < 4.78 is 0.456. The fraction of sp³-hybridized carbons (Fsp3) is 0.500. The molecule has 1 heterocycles. The minimum atomic E-state index is 0.456. The smallest absolute Gasteiger partial charge is 0.0480 e. The Hall–Kier alpha value is -0.340. The zero-order valence-electron chi connectivity index (χ0n) is 8.55. The number of thioether (sulfide) groups is 1. The third-order valence-corrected chi connectivity index (χ3v) is 5.16. The molecule has 1 spiro atoms. The van der Waals surface area contributed by atoms with E-state index in [-0.39, 0.29) is 0 Å². The van der Waals surface area contributed by atoms with E-state index in [0.717, 1.165) is 11.6 Å². The topological polar surface area (TPSA) is 12.0 Å². The first-order valence-electron chi connectivity index (χ1n) is 5.50. The highest BCUT2D eigenvalue weighted by atomic mass is 35.5. The zero-order valence-corrected chi connectivity index (χ0v) is 10.1. The largest absolute Gasteiger partial charge is 0.383 e. The average molecular weight is 240 g/mol. The summed E-state index contributed by atoms with van der Waals surface area (Å²) in [4.78, 5) is 1.33. The molecule has 1 aromatic rings. The molecule has 1 N–H and O–H groups in total. The molecule has 0 atom stereocenters. The second kappa shape index (κ2) is 3.60. The minimum Gasteiger partial charge on any atom is -0.383 e. The van der Waals surface area contributed by atoms with Gasteiger partial charge in [-0.25, -0.2) is 0 Å². The normalized spacial score (nSPS) is 22.5. The van der Waals surface area contributed by atoms with E-state index in [1.807, 2.05) is 17.8 Å². The molecular weight excluding hydrogens is 226 g/mol. The molecule has 1 saturated carbocycles. The van der Waals surface area contributed by atoms with Crippen molar-refractivity contribution in [1.29, 1.82) is 0 Å². The quantitative estimate of drug-likeness (QED) is 0.729. The van der Waals surface area contributed by atoms with Crippen molar-refractivity contribution in [2.75, 3.05) is 11.9 Å². The van der Waals surface area contributed by atoms with Gasteiger partial charge in [-0.05, 0) is 31.0 Å². The molecule has 0 saturated heterocycles. The number of benzene rings is 1. The van der Waals surface area contributed by atoms with Crippen LogP contribution in [-0.2, 0) is 0 Å². The Morgan fingerprint density at radius 2 is 2.07 bits per heavy atom. The Kier molecular flexibility index (Phi) is 2.37. The highest BCUT2D eigenvalue weighted by molar-refractivity contribution is 8.01. The van der Waals surface area contributed by atoms with Gasteiger partial charge >= 0.3 is 0 Å². The van der Waals surface area contributed by atoms with Crippen LogP contribution in [0.15, 0.2) is 23.1 Å². The number of anilines is 1. The van der Waals surface area contributed by atoms with Crippen LogP contribution in [0.1, 0.15) is 25.7 Å². The molecule has 0 radical (unpaired) electrons. The summed E-state index contributed by atoms with van der Waals surface area (Å²) in [6, 6.07) is 6.14. The maximum absolute atomic E-state index is 6.03. The minimum absolute atomic E-state index is 0.456. The Balaban J connectivity index is 1.94. The second-order valence-electron chi connectivity index (χ2n) is 4.49. The van der Waals surface area contributed by atoms with Crippen LogP contribution in [-0.4, -0.2) is 11.3 Å². The van der Waals surface area contributed by atoms with Gasteiger partial charge in [0.05, 0.1) is 0 Å². The van der Waals surface area contributed by atoms with Crippen molar-refractivity contribution in [3.05, 3.63) is 23.2 Å². The number of nitrogens with one attached hydrogen (secondary N) is 1. The monoisotopic (exact) mass is 239 g/mol. The van der Waals surface area contributed by atoms with Gasteiger partial charge in [0.25, 0.3) is 0 Å². The van der Waals surface area contributed by atoms with Gasteiger partial charge < -0.3 is 5.32 Å². The molecule has 80 valence electrons. The molecule has 2 aliphatic rings. The van der Waals surface area contributed by atoms with Crippen molar-refractivity contribution >= 4 is 29.1 Å². The standard InChI is InChI=1S/C12H14ClNS/c13-9-3-4-10-11(7-9)15-12(8-14-10)5-1-2-6-12/h3-4,7,14H,1-2,5-6,8H2. The van der Waals surface area contributed by atoms with Crippen LogP contribution >= 0.6 is 23.4 Å². The first kappa shape index (κ1) is 9.86. The number of hydrogen-bond acceptors (Lipinski definition) is 2. The van der Waals surface area contributed by atoms with Crippen LogP contribution in [0.2, 0.25) is 5.02 Å². The lowest BCUT2D eigenvalue weighted by Gasteiger charge is -2.34. The Morgan fingerprint density at radius 3 is 2.87 bits per heavy atom. The molecule has 0 aromatic heterocycles. The van der Waals surface area contributed by atoms with Crippen molar-refractivity contribution < 1.29 is 0 Å². The molecule has 15 heavy (non-hydrogen) atoms. The van der Waals surface area contributed by atoms with E-state index in [1.54, 1.807) is 0 Å². The van der Waals surface area contributed by atoms with Crippen LogP contribution < -0.4 is 5.32 Å². The third-order valence-electron chi connectivity index (χ3n) is 3.39. The van der Waals surface area contributed by atoms with Gasteiger partial charge in [0, 0.05) is 26.9 Å². The summed E-state index contributed by atoms with van der Waals surface area (Å²) in [5.41, 5.74) is 1.25. The molecule has 0 amide bonds. The molecule has 1 aromatic carbocycles. The lowest BCUT2D eigenvalue weighted by atomic mass is 10.1. The summed E-state index contributed by atoms with van der Waals surface area (Å²) in [6.45, 7) is 1.12. The molecule has 1 aliphatic heterocycles. The third kappa shape index (κ3) is 1.74. The highest BCUT2D eigenvalue weighted by Crippen LogP contribution is 2.50. The van der Waals surface area contributed by atoms with Crippen molar-refractivity contribution in [3.8, 4) is 0 Å². The fourth-order valence-corrected chi connectivity index (χ4v) is 4.33. The van der Waals surface area contributed by atoms with Crippen molar-refractivity contribution in [1.82, 2.24) is 0 Å². The van der Waals surface area contributed by atoms with Crippen LogP contribution in [0.4, 0.5) is 5.69 Å². The number of fused-ring (bicyclic) bond motifs is 1. The summed E-state index contributed by atoms with van der Waals surface area (Å²) in [6.07, 6.45) is 5.45. The van der Waals surface area contributed by atoms with E-state index in [2.05, 4.69) is 17.4 Å². The zero-order chi connectivity index (χ0) is 10.3. The Morgan fingerprint density at radius 1 is 1.27 bits per heavy atom. The summed E-state index contributed by atoms with van der Waals surface area (Å²) in [5, 5.41) is 4.39. The van der Waals surface area contributed by atoms with Crippen LogP contribution in [0.3, 0.4) is 0 Å². The Bertz CT molecular complexity index is 385. The molecule has 3 rings (SSSR count). The van der Waals surface area contributed by atoms with Crippen molar-refractivity contribution in [2.45, 2.75) is 35.3 Å². The predicted molar refractivity (Wildman–Crippen MR) is 67.0 cm³/mol. The maximum Gasteiger partial charge on any atom is 0.0480 e. The van der Waals surface area contributed by atoms with E-state index >= 15 is 0 Å². The first-order chi connectivity index (χ1) is 7.27. The predicted octanol–water partition coefficient (Wildman–Crippen LogP) is 4.17. The van der Waals surface area contributed by atoms with Gasteiger partial charge in [0.2, 0.25) is 0 Å². The van der Waals surface area contributed by atoms with Gasteiger partial charge in [-0.1, -0.05) is 24.4 Å².